The minimum Gasteiger partial charge on any atom is -0.380 e. The molecule has 6 heterocycles. The molecule has 0 aliphatic carbocycles. The number of ether oxygens (including phenoxy) is 1. The van der Waals surface area contributed by atoms with Gasteiger partial charge in [-0.1, -0.05) is 12.0 Å². The van der Waals surface area contributed by atoms with Gasteiger partial charge in [0.1, 0.15) is 11.5 Å². The molecule has 3 aliphatic heterocycles. The normalized spacial score (nSPS) is 18.3. The number of amides is 1. The van der Waals surface area contributed by atoms with Crippen molar-refractivity contribution in [2.24, 2.45) is 5.41 Å². The number of carbonyl (C=O) groups excluding carboxylic acids is 1. The van der Waals surface area contributed by atoms with E-state index in [0.717, 1.165) is 51.3 Å². The molecule has 232 valence electrons. The Bertz CT molecular complexity index is 1810. The number of benzene rings is 1. The monoisotopic (exact) mass is 616 g/mol. The number of alkyl halides is 3. The molecule has 0 radical (unpaired) electrons. The number of rotatable bonds is 5. The molecule has 3 aliphatic rings. The Labute approximate surface area is 257 Å². The smallest absolute Gasteiger partial charge is 0.380 e. The highest BCUT2D eigenvalue weighted by atomic mass is 19.4. The molecule has 1 amide bonds. The van der Waals surface area contributed by atoms with Crippen LogP contribution in [0.1, 0.15) is 32.7 Å². The van der Waals surface area contributed by atoms with E-state index in [2.05, 4.69) is 36.9 Å². The second-order valence-corrected chi connectivity index (χ2v) is 12.1. The number of anilines is 2. The van der Waals surface area contributed by atoms with Gasteiger partial charge in [0.25, 0.3) is 5.91 Å². The van der Waals surface area contributed by atoms with Crippen molar-refractivity contribution in [2.45, 2.75) is 12.7 Å². The summed E-state index contributed by atoms with van der Waals surface area (Å²) in [4.78, 5) is 27.9. The number of hydrogen-bond acceptors (Lipinski definition) is 8. The predicted molar refractivity (Wildman–Crippen MR) is 161 cm³/mol. The molecule has 0 saturated carbocycles. The average molecular weight is 617 g/mol. The van der Waals surface area contributed by atoms with E-state index in [1.54, 1.807) is 16.8 Å². The number of aromatic nitrogens is 4. The Kier molecular flexibility index (Phi) is 7.43. The first kappa shape index (κ1) is 29.2. The zero-order valence-corrected chi connectivity index (χ0v) is 24.6. The Morgan fingerprint density at radius 1 is 1.02 bits per heavy atom. The van der Waals surface area contributed by atoms with Crippen LogP contribution in [-0.4, -0.2) is 94.8 Å². The maximum atomic E-state index is 14.0. The number of fused-ring (bicyclic) bond motifs is 1. The van der Waals surface area contributed by atoms with Crippen molar-refractivity contribution >= 4 is 23.1 Å². The summed E-state index contributed by atoms with van der Waals surface area (Å²) in [5, 5.41) is 7.31. The van der Waals surface area contributed by atoms with Gasteiger partial charge < -0.3 is 19.9 Å². The van der Waals surface area contributed by atoms with Crippen LogP contribution in [0.3, 0.4) is 0 Å². The quantitative estimate of drug-likeness (QED) is 0.342. The van der Waals surface area contributed by atoms with Crippen molar-refractivity contribution in [3.8, 4) is 11.8 Å². The van der Waals surface area contributed by atoms with Crippen LogP contribution in [0.15, 0.2) is 55.0 Å². The summed E-state index contributed by atoms with van der Waals surface area (Å²) in [6.07, 6.45) is -0.0643. The summed E-state index contributed by atoms with van der Waals surface area (Å²) in [6.45, 7) is 6.58. The molecule has 3 fully saturated rings. The van der Waals surface area contributed by atoms with Gasteiger partial charge in [-0.15, -0.1) is 5.10 Å². The molecule has 3 saturated heterocycles. The lowest BCUT2D eigenvalue weighted by atomic mass is 9.78. The lowest BCUT2D eigenvalue weighted by molar-refractivity contribution is -0.138. The van der Waals surface area contributed by atoms with Crippen LogP contribution in [0, 0.1) is 17.3 Å². The van der Waals surface area contributed by atoms with E-state index in [0.29, 0.717) is 30.0 Å². The van der Waals surface area contributed by atoms with Crippen molar-refractivity contribution < 1.29 is 22.7 Å². The highest BCUT2D eigenvalue weighted by Crippen LogP contribution is 2.39. The van der Waals surface area contributed by atoms with Gasteiger partial charge in [-0.3, -0.25) is 14.7 Å². The number of hydrogen-bond donors (Lipinski definition) is 1. The lowest BCUT2D eigenvalue weighted by Gasteiger charge is -2.55. The molecule has 1 aromatic carbocycles. The minimum absolute atomic E-state index is 0.0523. The minimum atomic E-state index is -4.56. The Hall–Kier alpha value is -4.51. The van der Waals surface area contributed by atoms with E-state index >= 15 is 0 Å². The number of halogens is 3. The number of pyridine rings is 1. The molecular weight excluding hydrogens is 585 g/mol. The van der Waals surface area contributed by atoms with E-state index in [4.69, 9.17) is 9.84 Å². The summed E-state index contributed by atoms with van der Waals surface area (Å²) in [6, 6.07) is 9.31. The first-order valence-electron chi connectivity index (χ1n) is 14.7. The van der Waals surface area contributed by atoms with Gasteiger partial charge in [0.15, 0.2) is 5.65 Å². The molecule has 7 rings (SSSR count). The van der Waals surface area contributed by atoms with Crippen LogP contribution in [0.4, 0.5) is 24.7 Å². The molecule has 3 aromatic heterocycles. The van der Waals surface area contributed by atoms with E-state index < -0.39 is 17.6 Å². The van der Waals surface area contributed by atoms with Crippen LogP contribution >= 0.6 is 0 Å². The van der Waals surface area contributed by atoms with Crippen LogP contribution in [0.5, 0.6) is 0 Å². The highest BCUT2D eigenvalue weighted by molar-refractivity contribution is 6.04. The summed E-state index contributed by atoms with van der Waals surface area (Å²) in [5.41, 5.74) is 1.59. The molecule has 10 nitrogen and oxygen atoms in total. The van der Waals surface area contributed by atoms with Gasteiger partial charge in [-0.05, 0) is 48.9 Å². The number of nitrogens with zero attached hydrogens (tertiary/aromatic N) is 7. The fourth-order valence-electron chi connectivity index (χ4n) is 5.89. The first-order valence-corrected chi connectivity index (χ1v) is 14.7. The molecule has 45 heavy (non-hydrogen) atoms. The van der Waals surface area contributed by atoms with E-state index in [-0.39, 0.29) is 28.8 Å². The Balaban J connectivity index is 1.05. The number of carbonyl (C=O) groups is 1. The molecule has 0 bridgehead atoms. The standard InChI is InChI=1S/C32H31F3N8O2/c1-40-8-10-41(11-9-40)17-23-3-4-25(13-27(23)32(33,34)35)38-30(44)24-12-22(14-36-15-24)2-5-26-16-37-28-6-7-29(39-43(26)28)42-18-31(19-42)20-45-21-31/h3-4,6-7,12-16H,8-11,17-21H2,1H3,(H,38,44). The van der Waals surface area contributed by atoms with Gasteiger partial charge >= 0.3 is 6.18 Å². The zero-order valence-electron chi connectivity index (χ0n) is 24.6. The van der Waals surface area contributed by atoms with Crippen LogP contribution in [-0.2, 0) is 17.5 Å². The van der Waals surface area contributed by atoms with Crippen molar-refractivity contribution in [1.29, 1.82) is 0 Å². The summed E-state index contributed by atoms with van der Waals surface area (Å²) >= 11 is 0. The maximum absolute atomic E-state index is 14.0. The number of piperazine rings is 1. The zero-order chi connectivity index (χ0) is 31.2. The van der Waals surface area contributed by atoms with Crippen LogP contribution in [0.25, 0.3) is 5.65 Å². The van der Waals surface area contributed by atoms with Crippen LogP contribution < -0.4 is 10.2 Å². The SMILES string of the molecule is CN1CCN(Cc2ccc(NC(=O)c3cncc(C#Cc4cnc5ccc(N6CC7(COC7)C6)nn45)c3)cc2C(F)(F)F)CC1. The topological polar surface area (TPSA) is 91.1 Å². The fraction of sp³-hybridized carbons (Fsp3) is 0.375. The predicted octanol–water partition coefficient (Wildman–Crippen LogP) is 3.38. The molecule has 0 unspecified atom stereocenters. The third kappa shape index (κ3) is 6.09. The summed E-state index contributed by atoms with van der Waals surface area (Å²) in [7, 11) is 2.00. The van der Waals surface area contributed by atoms with Crippen molar-refractivity contribution in [2.75, 3.05) is 69.7 Å². The summed E-state index contributed by atoms with van der Waals surface area (Å²) < 4.78 is 49.1. The molecule has 0 atom stereocenters. The number of nitrogens with one attached hydrogen (secondary N) is 1. The largest absolute Gasteiger partial charge is 0.416 e. The first-order chi connectivity index (χ1) is 21.6. The molecule has 1 spiro atoms. The second kappa shape index (κ2) is 11.4. The molecule has 13 heteroatoms. The molecular formula is C32H31F3N8O2. The van der Waals surface area contributed by atoms with E-state index in [1.807, 2.05) is 24.1 Å². The second-order valence-electron chi connectivity index (χ2n) is 12.1. The van der Waals surface area contributed by atoms with Gasteiger partial charge in [0.05, 0.1) is 36.0 Å². The number of imidazole rings is 1. The summed E-state index contributed by atoms with van der Waals surface area (Å²) in [5.74, 6) is 6.31. The van der Waals surface area contributed by atoms with Crippen molar-refractivity contribution in [1.82, 2.24) is 29.4 Å². The van der Waals surface area contributed by atoms with Crippen molar-refractivity contribution in [3.05, 3.63) is 82.9 Å². The fourth-order valence-corrected chi connectivity index (χ4v) is 5.89. The van der Waals surface area contributed by atoms with E-state index in [9.17, 15) is 18.0 Å². The third-order valence-corrected chi connectivity index (χ3v) is 8.54. The Morgan fingerprint density at radius 2 is 1.82 bits per heavy atom. The van der Waals surface area contributed by atoms with Gasteiger partial charge in [-0.25, -0.2) is 9.50 Å². The van der Waals surface area contributed by atoms with Gasteiger partial charge in [-0.2, -0.15) is 13.2 Å². The van der Waals surface area contributed by atoms with E-state index in [1.165, 1.54) is 24.5 Å². The molecule has 4 aromatic rings. The maximum Gasteiger partial charge on any atom is 0.416 e. The van der Waals surface area contributed by atoms with Gasteiger partial charge in [0.2, 0.25) is 0 Å². The lowest BCUT2D eigenvalue weighted by Crippen LogP contribution is -2.66. The van der Waals surface area contributed by atoms with Gasteiger partial charge in [0, 0.05) is 69.5 Å². The highest BCUT2D eigenvalue weighted by Gasteiger charge is 2.49. The number of likely N-dealkylation sites (N-methyl/N-ethyl adjacent to an activating group) is 1. The molecule has 1 N–H and O–H groups in total. The van der Waals surface area contributed by atoms with Crippen molar-refractivity contribution in [3.63, 3.8) is 0 Å². The van der Waals surface area contributed by atoms with Crippen LogP contribution in [0.2, 0.25) is 0 Å². The average Bonchev–Trinajstić information content (AvgIpc) is 3.38. The third-order valence-electron chi connectivity index (χ3n) is 8.54. The Morgan fingerprint density at radius 3 is 2.56 bits per heavy atom.